The second-order valence-electron chi connectivity index (χ2n) is 4.30. The maximum absolute atomic E-state index is 5.62. The first-order valence-electron chi connectivity index (χ1n) is 6.28. The van der Waals surface area contributed by atoms with Gasteiger partial charge in [0.15, 0.2) is 0 Å². The van der Waals surface area contributed by atoms with E-state index in [9.17, 15) is 0 Å². The lowest BCUT2D eigenvalue weighted by atomic mass is 10.2. The minimum absolute atomic E-state index is 0.565. The van der Waals surface area contributed by atoms with Crippen LogP contribution < -0.4 is 9.47 Å². The van der Waals surface area contributed by atoms with Gasteiger partial charge in [0, 0.05) is 0 Å². The lowest BCUT2D eigenvalue weighted by Gasteiger charge is -2.03. The van der Waals surface area contributed by atoms with Crippen molar-refractivity contribution in [3.63, 3.8) is 0 Å². The molecule has 0 saturated carbocycles. The highest BCUT2D eigenvalue weighted by molar-refractivity contribution is 5.50. The van der Waals surface area contributed by atoms with E-state index in [4.69, 9.17) is 9.47 Å². The van der Waals surface area contributed by atoms with Gasteiger partial charge in [-0.25, -0.2) is 0 Å². The quantitative estimate of drug-likeness (QED) is 0.800. The Bertz CT molecular complexity index is 524. The molecule has 2 heteroatoms. The minimum Gasteiger partial charge on any atom is -0.497 e. The first kappa shape index (κ1) is 13.2. The summed E-state index contributed by atoms with van der Waals surface area (Å²) in [5.74, 6) is 1.76. The first-order valence-corrected chi connectivity index (χ1v) is 6.28. The molecule has 0 amide bonds. The van der Waals surface area contributed by atoms with Crippen molar-refractivity contribution in [2.45, 2.75) is 6.92 Å². The van der Waals surface area contributed by atoms with Crippen LogP contribution in [0.3, 0.4) is 0 Å². The molecule has 0 aromatic heterocycles. The van der Waals surface area contributed by atoms with Crippen molar-refractivity contribution < 1.29 is 9.47 Å². The summed E-state index contributed by atoms with van der Waals surface area (Å²) in [6.45, 7) is 2.63. The lowest BCUT2D eigenvalue weighted by Crippen LogP contribution is -1.92. The molecule has 0 unspecified atom stereocenters. The van der Waals surface area contributed by atoms with Crippen LogP contribution in [0.15, 0.2) is 54.6 Å². The Morgan fingerprint density at radius 3 is 2.16 bits per heavy atom. The Balaban J connectivity index is 1.84. The number of rotatable bonds is 5. The molecule has 0 fully saturated rings. The molecule has 0 radical (unpaired) electrons. The number of methoxy groups -OCH3 is 1. The van der Waals surface area contributed by atoms with Crippen molar-refractivity contribution in [2.24, 2.45) is 0 Å². The van der Waals surface area contributed by atoms with Gasteiger partial charge in [-0.1, -0.05) is 35.9 Å². The number of benzene rings is 2. The third-order valence-electron chi connectivity index (χ3n) is 2.79. The van der Waals surface area contributed by atoms with Crippen LogP contribution in [0.5, 0.6) is 11.5 Å². The molecule has 0 saturated heterocycles. The van der Waals surface area contributed by atoms with Gasteiger partial charge in [0.25, 0.3) is 0 Å². The van der Waals surface area contributed by atoms with Gasteiger partial charge >= 0.3 is 0 Å². The van der Waals surface area contributed by atoms with Crippen LogP contribution in [0.4, 0.5) is 0 Å². The molecular formula is C17H18O2. The molecule has 0 atom stereocenters. The van der Waals surface area contributed by atoms with Gasteiger partial charge in [-0.3, -0.25) is 0 Å². The van der Waals surface area contributed by atoms with E-state index in [0.717, 1.165) is 17.1 Å². The zero-order chi connectivity index (χ0) is 13.5. The van der Waals surface area contributed by atoms with Crippen molar-refractivity contribution in [1.29, 1.82) is 0 Å². The lowest BCUT2D eigenvalue weighted by molar-refractivity contribution is 0.363. The van der Waals surface area contributed by atoms with E-state index in [1.54, 1.807) is 7.11 Å². The molecule has 98 valence electrons. The van der Waals surface area contributed by atoms with E-state index in [0.29, 0.717) is 6.61 Å². The second kappa shape index (κ2) is 6.64. The summed E-state index contributed by atoms with van der Waals surface area (Å²) in [5, 5.41) is 0. The molecule has 2 aromatic carbocycles. The maximum atomic E-state index is 5.62. The van der Waals surface area contributed by atoms with Crippen molar-refractivity contribution in [3.8, 4) is 11.5 Å². The molecule has 0 N–H and O–H groups in total. The van der Waals surface area contributed by atoms with Gasteiger partial charge in [-0.05, 0) is 42.8 Å². The first-order chi connectivity index (χ1) is 9.28. The van der Waals surface area contributed by atoms with Crippen LogP contribution in [0.1, 0.15) is 11.1 Å². The van der Waals surface area contributed by atoms with Gasteiger partial charge in [-0.15, -0.1) is 0 Å². The Morgan fingerprint density at radius 1 is 0.895 bits per heavy atom. The predicted octanol–water partition coefficient (Wildman–Crippen LogP) is 4.10. The van der Waals surface area contributed by atoms with Gasteiger partial charge in [0.05, 0.1) is 7.11 Å². The Hall–Kier alpha value is -2.22. The molecule has 0 aliphatic heterocycles. The highest BCUT2D eigenvalue weighted by Gasteiger charge is 1.92. The number of aryl methyl sites for hydroxylation is 1. The monoisotopic (exact) mass is 254 g/mol. The average Bonchev–Trinajstić information content (AvgIpc) is 2.46. The highest BCUT2D eigenvalue weighted by atomic mass is 16.5. The zero-order valence-electron chi connectivity index (χ0n) is 11.3. The summed E-state index contributed by atoms with van der Waals surface area (Å²) >= 11 is 0. The van der Waals surface area contributed by atoms with Crippen LogP contribution in [-0.4, -0.2) is 13.7 Å². The molecule has 2 nitrogen and oxygen atoms in total. The molecule has 2 rings (SSSR count). The summed E-state index contributed by atoms with van der Waals surface area (Å²) in [6.07, 6.45) is 4.04. The fourth-order valence-electron chi connectivity index (χ4n) is 1.68. The van der Waals surface area contributed by atoms with E-state index >= 15 is 0 Å². The summed E-state index contributed by atoms with van der Waals surface area (Å²) in [5.41, 5.74) is 2.37. The number of ether oxygens (including phenoxy) is 2. The molecule has 0 aliphatic rings. The van der Waals surface area contributed by atoms with Gasteiger partial charge in [0.1, 0.15) is 18.1 Å². The summed E-state index contributed by atoms with van der Waals surface area (Å²) in [6, 6.07) is 16.0. The zero-order valence-corrected chi connectivity index (χ0v) is 11.3. The fourth-order valence-corrected chi connectivity index (χ4v) is 1.68. The predicted molar refractivity (Wildman–Crippen MR) is 78.7 cm³/mol. The van der Waals surface area contributed by atoms with Crippen LogP contribution >= 0.6 is 0 Å². The Kier molecular flexibility index (Phi) is 4.62. The Morgan fingerprint density at radius 2 is 1.53 bits per heavy atom. The van der Waals surface area contributed by atoms with Crippen LogP contribution in [0, 0.1) is 6.92 Å². The molecule has 0 bridgehead atoms. The second-order valence-corrected chi connectivity index (χ2v) is 4.30. The summed E-state index contributed by atoms with van der Waals surface area (Å²) < 4.78 is 10.7. The van der Waals surface area contributed by atoms with E-state index in [-0.39, 0.29) is 0 Å². The third-order valence-corrected chi connectivity index (χ3v) is 2.79. The van der Waals surface area contributed by atoms with E-state index in [1.807, 2.05) is 60.7 Å². The van der Waals surface area contributed by atoms with Crippen LogP contribution in [0.25, 0.3) is 6.08 Å². The third kappa shape index (κ3) is 4.18. The van der Waals surface area contributed by atoms with Crippen LogP contribution in [0.2, 0.25) is 0 Å². The largest absolute Gasteiger partial charge is 0.497 e. The molecule has 0 aliphatic carbocycles. The van der Waals surface area contributed by atoms with Gasteiger partial charge in [0.2, 0.25) is 0 Å². The van der Waals surface area contributed by atoms with Crippen molar-refractivity contribution in [3.05, 3.63) is 65.7 Å². The van der Waals surface area contributed by atoms with Crippen LogP contribution in [-0.2, 0) is 0 Å². The number of hydrogen-bond donors (Lipinski definition) is 0. The molecular weight excluding hydrogens is 236 g/mol. The van der Waals surface area contributed by atoms with Crippen molar-refractivity contribution in [2.75, 3.05) is 13.7 Å². The van der Waals surface area contributed by atoms with E-state index in [1.165, 1.54) is 5.56 Å². The summed E-state index contributed by atoms with van der Waals surface area (Å²) in [4.78, 5) is 0. The maximum Gasteiger partial charge on any atom is 0.119 e. The summed E-state index contributed by atoms with van der Waals surface area (Å²) in [7, 11) is 1.67. The smallest absolute Gasteiger partial charge is 0.119 e. The average molecular weight is 254 g/mol. The minimum atomic E-state index is 0.565. The standard InChI is InChI=1S/C17H18O2/c1-14-5-9-17(10-6-14)19-13-3-4-15-7-11-16(18-2)12-8-15/h3-12H,13H2,1-2H3/b4-3+. The molecule has 19 heavy (non-hydrogen) atoms. The molecule has 0 spiro atoms. The Labute approximate surface area is 114 Å². The number of hydrogen-bond acceptors (Lipinski definition) is 2. The molecule has 0 heterocycles. The molecule has 2 aromatic rings. The van der Waals surface area contributed by atoms with E-state index in [2.05, 4.69) is 6.92 Å². The van der Waals surface area contributed by atoms with E-state index < -0.39 is 0 Å². The van der Waals surface area contributed by atoms with Crippen molar-refractivity contribution in [1.82, 2.24) is 0 Å². The SMILES string of the molecule is COc1ccc(/C=C/COc2ccc(C)cc2)cc1. The normalized spacial score (nSPS) is 10.6. The van der Waals surface area contributed by atoms with Gasteiger partial charge in [-0.2, -0.15) is 0 Å². The highest BCUT2D eigenvalue weighted by Crippen LogP contribution is 2.13. The van der Waals surface area contributed by atoms with Crippen molar-refractivity contribution >= 4 is 6.08 Å². The topological polar surface area (TPSA) is 18.5 Å². The fraction of sp³-hybridized carbons (Fsp3) is 0.176. The van der Waals surface area contributed by atoms with Gasteiger partial charge < -0.3 is 9.47 Å².